The Bertz CT molecular complexity index is 1040. The summed E-state index contributed by atoms with van der Waals surface area (Å²) >= 11 is 6.25. The van der Waals surface area contributed by atoms with Crippen LogP contribution in [0, 0.1) is 13.8 Å². The van der Waals surface area contributed by atoms with Crippen LogP contribution in [0.15, 0.2) is 42.5 Å². The summed E-state index contributed by atoms with van der Waals surface area (Å²) in [6, 6.07) is 13.2. The molecule has 156 valence electrons. The minimum atomic E-state index is -0.357. The fourth-order valence-corrected chi connectivity index (χ4v) is 3.66. The molecule has 0 spiro atoms. The number of benzene rings is 1. The molecule has 3 aromatic rings. The van der Waals surface area contributed by atoms with E-state index in [1.807, 2.05) is 44.2 Å². The first kappa shape index (κ1) is 20.5. The van der Waals surface area contributed by atoms with Crippen LogP contribution in [0.3, 0.4) is 0 Å². The van der Waals surface area contributed by atoms with Crippen molar-refractivity contribution in [3.8, 4) is 5.82 Å². The molecule has 7 nitrogen and oxygen atoms in total. The number of aryl methyl sites for hydroxylation is 2. The number of aromatic nitrogens is 3. The van der Waals surface area contributed by atoms with Gasteiger partial charge in [-0.1, -0.05) is 23.7 Å². The van der Waals surface area contributed by atoms with Crippen molar-refractivity contribution in [2.75, 3.05) is 31.6 Å². The van der Waals surface area contributed by atoms with Gasteiger partial charge in [0.05, 0.1) is 23.9 Å². The normalized spacial score (nSPS) is 14.6. The molecule has 0 bridgehead atoms. The van der Waals surface area contributed by atoms with Crippen molar-refractivity contribution in [2.45, 2.75) is 20.4 Å². The second-order valence-electron chi connectivity index (χ2n) is 7.38. The number of halogens is 1. The molecule has 1 aliphatic heterocycles. The summed E-state index contributed by atoms with van der Waals surface area (Å²) in [6.07, 6.45) is 0. The summed E-state index contributed by atoms with van der Waals surface area (Å²) in [6.45, 7) is 8.15. The number of nitrogens with one attached hydrogen (secondary N) is 1. The molecule has 8 heteroatoms. The van der Waals surface area contributed by atoms with Crippen molar-refractivity contribution in [2.24, 2.45) is 0 Å². The number of amides is 1. The lowest BCUT2D eigenvalue weighted by Crippen LogP contribution is -2.35. The highest BCUT2D eigenvalue weighted by molar-refractivity contribution is 6.34. The molecule has 1 N–H and O–H groups in total. The number of anilines is 1. The lowest BCUT2D eigenvalue weighted by Gasteiger charge is -2.26. The van der Waals surface area contributed by atoms with Crippen molar-refractivity contribution in [1.82, 2.24) is 19.7 Å². The maximum absolute atomic E-state index is 12.8. The Balaban J connectivity index is 1.47. The Morgan fingerprint density at radius 1 is 1.13 bits per heavy atom. The first-order valence-corrected chi connectivity index (χ1v) is 10.3. The molecule has 1 aliphatic rings. The number of pyridine rings is 1. The molecule has 1 amide bonds. The Morgan fingerprint density at radius 3 is 2.53 bits per heavy atom. The van der Waals surface area contributed by atoms with Gasteiger partial charge in [-0.2, -0.15) is 5.10 Å². The van der Waals surface area contributed by atoms with Gasteiger partial charge in [-0.3, -0.25) is 9.69 Å². The quantitative estimate of drug-likeness (QED) is 0.675. The Hall–Kier alpha value is -2.74. The summed E-state index contributed by atoms with van der Waals surface area (Å²) in [5, 5.41) is 7.59. The molecule has 0 radical (unpaired) electrons. The lowest BCUT2D eigenvalue weighted by molar-refractivity contribution is 0.0342. The number of hydrogen-bond donors (Lipinski definition) is 1. The van der Waals surface area contributed by atoms with Gasteiger partial charge in [0, 0.05) is 31.0 Å². The number of rotatable bonds is 5. The van der Waals surface area contributed by atoms with Crippen molar-refractivity contribution < 1.29 is 9.53 Å². The Labute approximate surface area is 180 Å². The highest BCUT2D eigenvalue weighted by Gasteiger charge is 2.16. The topological polar surface area (TPSA) is 72.3 Å². The second-order valence-corrected chi connectivity index (χ2v) is 7.79. The van der Waals surface area contributed by atoms with Gasteiger partial charge < -0.3 is 10.1 Å². The first-order valence-electron chi connectivity index (χ1n) is 9.90. The van der Waals surface area contributed by atoms with Gasteiger partial charge in [0.15, 0.2) is 5.82 Å². The molecule has 0 unspecified atom stereocenters. The van der Waals surface area contributed by atoms with E-state index >= 15 is 0 Å². The average Bonchev–Trinajstić information content (AvgIpc) is 3.08. The SMILES string of the molecule is Cc1cc(C)n(-c2ccc(Cl)c(C(=O)Nc3ccc(CN4CCOCC4)cc3)n2)n1. The summed E-state index contributed by atoms with van der Waals surface area (Å²) in [5.41, 5.74) is 3.87. The minimum absolute atomic E-state index is 0.166. The van der Waals surface area contributed by atoms with E-state index in [1.54, 1.807) is 16.8 Å². The molecule has 0 saturated carbocycles. The number of carbonyl (C=O) groups is 1. The van der Waals surface area contributed by atoms with E-state index in [9.17, 15) is 4.79 Å². The van der Waals surface area contributed by atoms with Crippen LogP contribution in [0.5, 0.6) is 0 Å². The van der Waals surface area contributed by atoms with Gasteiger partial charge in [-0.15, -0.1) is 0 Å². The molecule has 3 heterocycles. The molecule has 30 heavy (non-hydrogen) atoms. The standard InChI is InChI=1S/C22H24ClN5O2/c1-15-13-16(2)28(26-15)20-8-7-19(23)21(25-20)22(29)24-18-5-3-17(4-6-18)14-27-9-11-30-12-10-27/h3-8,13H,9-12,14H2,1-2H3,(H,24,29). The van der Waals surface area contributed by atoms with E-state index in [4.69, 9.17) is 16.3 Å². The highest BCUT2D eigenvalue weighted by atomic mass is 35.5. The summed E-state index contributed by atoms with van der Waals surface area (Å²) < 4.78 is 7.08. The molecule has 1 fully saturated rings. The van der Waals surface area contributed by atoms with Gasteiger partial charge in [-0.05, 0) is 49.7 Å². The predicted molar refractivity (Wildman–Crippen MR) is 116 cm³/mol. The lowest BCUT2D eigenvalue weighted by atomic mass is 10.2. The summed E-state index contributed by atoms with van der Waals surface area (Å²) in [4.78, 5) is 19.6. The largest absolute Gasteiger partial charge is 0.379 e. The maximum Gasteiger partial charge on any atom is 0.275 e. The number of hydrogen-bond acceptors (Lipinski definition) is 5. The molecule has 1 saturated heterocycles. The number of nitrogens with zero attached hydrogens (tertiary/aromatic N) is 4. The van der Waals surface area contributed by atoms with Gasteiger partial charge in [0.25, 0.3) is 5.91 Å². The maximum atomic E-state index is 12.8. The number of carbonyl (C=O) groups excluding carboxylic acids is 1. The van der Waals surface area contributed by atoms with E-state index in [-0.39, 0.29) is 11.6 Å². The summed E-state index contributed by atoms with van der Waals surface area (Å²) in [5.74, 6) is 0.195. The highest BCUT2D eigenvalue weighted by Crippen LogP contribution is 2.20. The molecule has 0 aliphatic carbocycles. The van der Waals surface area contributed by atoms with Gasteiger partial charge in [0.1, 0.15) is 5.69 Å². The summed E-state index contributed by atoms with van der Waals surface area (Å²) in [7, 11) is 0. The minimum Gasteiger partial charge on any atom is -0.379 e. The third kappa shape index (κ3) is 4.70. The zero-order valence-electron chi connectivity index (χ0n) is 17.1. The Morgan fingerprint density at radius 2 is 1.87 bits per heavy atom. The van der Waals surface area contributed by atoms with E-state index in [0.29, 0.717) is 16.5 Å². The van der Waals surface area contributed by atoms with E-state index in [1.165, 1.54) is 5.56 Å². The average molecular weight is 426 g/mol. The molecule has 4 rings (SSSR count). The zero-order chi connectivity index (χ0) is 21.1. The van der Waals surface area contributed by atoms with Crippen LogP contribution in [0.1, 0.15) is 27.4 Å². The van der Waals surface area contributed by atoms with E-state index < -0.39 is 0 Å². The fraction of sp³-hybridized carbons (Fsp3) is 0.318. The third-order valence-electron chi connectivity index (χ3n) is 4.99. The smallest absolute Gasteiger partial charge is 0.275 e. The first-order chi connectivity index (χ1) is 14.5. The van der Waals surface area contributed by atoms with E-state index in [2.05, 4.69) is 20.3 Å². The number of ether oxygens (including phenoxy) is 1. The zero-order valence-corrected chi connectivity index (χ0v) is 17.8. The van der Waals surface area contributed by atoms with E-state index in [0.717, 1.165) is 44.2 Å². The predicted octanol–water partition coefficient (Wildman–Crippen LogP) is 3.62. The molecule has 1 aromatic carbocycles. The van der Waals surface area contributed by atoms with Crippen LogP contribution in [0.25, 0.3) is 5.82 Å². The molecule has 0 atom stereocenters. The molecular formula is C22H24ClN5O2. The fourth-order valence-electron chi connectivity index (χ4n) is 3.47. The Kier molecular flexibility index (Phi) is 6.13. The van der Waals surface area contributed by atoms with Crippen LogP contribution in [-0.2, 0) is 11.3 Å². The van der Waals surface area contributed by atoms with Crippen LogP contribution < -0.4 is 5.32 Å². The third-order valence-corrected chi connectivity index (χ3v) is 5.30. The van der Waals surface area contributed by atoms with Gasteiger partial charge in [0.2, 0.25) is 0 Å². The van der Waals surface area contributed by atoms with Crippen LogP contribution >= 0.6 is 11.6 Å². The van der Waals surface area contributed by atoms with Crippen molar-refractivity contribution in [3.05, 3.63) is 70.1 Å². The van der Waals surface area contributed by atoms with Crippen LogP contribution in [0.2, 0.25) is 5.02 Å². The second kappa shape index (κ2) is 8.95. The van der Waals surface area contributed by atoms with Crippen molar-refractivity contribution in [1.29, 1.82) is 0 Å². The van der Waals surface area contributed by atoms with Gasteiger partial charge >= 0.3 is 0 Å². The van der Waals surface area contributed by atoms with Gasteiger partial charge in [-0.25, -0.2) is 9.67 Å². The monoisotopic (exact) mass is 425 g/mol. The van der Waals surface area contributed by atoms with Crippen molar-refractivity contribution in [3.63, 3.8) is 0 Å². The molecular weight excluding hydrogens is 402 g/mol. The van der Waals surface area contributed by atoms with Crippen molar-refractivity contribution >= 4 is 23.2 Å². The number of morpholine rings is 1. The van der Waals surface area contributed by atoms with Crippen LogP contribution in [0.4, 0.5) is 5.69 Å². The van der Waals surface area contributed by atoms with Crippen LogP contribution in [-0.4, -0.2) is 51.9 Å². The molecule has 2 aromatic heterocycles.